The molecule has 0 spiro atoms. The average Bonchev–Trinajstić information content (AvgIpc) is 3.35. The third-order valence-electron chi connectivity index (χ3n) is 4.76. The zero-order valence-corrected chi connectivity index (χ0v) is 16.9. The van der Waals surface area contributed by atoms with Crippen LogP contribution in [0.5, 0.6) is 0 Å². The van der Waals surface area contributed by atoms with Gasteiger partial charge in [-0.3, -0.25) is 19.1 Å². The molecular formula is C19H18F6N6O. The molecule has 0 bridgehead atoms. The Hall–Kier alpha value is -3.38. The van der Waals surface area contributed by atoms with Crippen LogP contribution in [0.1, 0.15) is 39.6 Å². The zero-order valence-electron chi connectivity index (χ0n) is 16.9. The second-order valence-corrected chi connectivity index (χ2v) is 7.13. The van der Waals surface area contributed by atoms with Crippen LogP contribution in [0.4, 0.5) is 26.3 Å². The highest BCUT2D eigenvalue weighted by molar-refractivity contribution is 5.91. The number of hydrogen-bond donors (Lipinski definition) is 1. The molecule has 3 aromatic rings. The minimum Gasteiger partial charge on any atom is -0.364 e. The molecule has 0 aromatic carbocycles. The number of aromatic nitrogens is 5. The van der Waals surface area contributed by atoms with Gasteiger partial charge >= 0.3 is 12.4 Å². The predicted octanol–water partition coefficient (Wildman–Crippen LogP) is 3.76. The molecule has 0 radical (unpaired) electrons. The molecule has 1 aliphatic heterocycles. The molecule has 2 N–H and O–H groups in total. The van der Waals surface area contributed by atoms with Gasteiger partial charge in [0.2, 0.25) is 0 Å². The first-order valence-corrected chi connectivity index (χ1v) is 9.29. The fourth-order valence-electron chi connectivity index (χ4n) is 3.18. The molecule has 13 heteroatoms. The Bertz CT molecular complexity index is 1120. The second-order valence-electron chi connectivity index (χ2n) is 7.13. The van der Waals surface area contributed by atoms with E-state index in [-0.39, 0.29) is 5.69 Å². The lowest BCUT2D eigenvalue weighted by Crippen LogP contribution is -2.15. The van der Waals surface area contributed by atoms with Crippen molar-refractivity contribution in [1.82, 2.24) is 24.5 Å². The van der Waals surface area contributed by atoms with Crippen molar-refractivity contribution in [2.24, 2.45) is 12.8 Å². The summed E-state index contributed by atoms with van der Waals surface area (Å²) in [6.07, 6.45) is -5.74. The summed E-state index contributed by atoms with van der Waals surface area (Å²) in [7, 11) is 1.22. The summed E-state index contributed by atoms with van der Waals surface area (Å²) in [6.45, 7) is 2.58. The van der Waals surface area contributed by atoms with E-state index in [1.54, 1.807) is 6.92 Å². The highest BCUT2D eigenvalue weighted by atomic mass is 19.4. The molecule has 4 rings (SSSR count). The Kier molecular flexibility index (Phi) is 6.03. The number of pyridine rings is 1. The van der Waals surface area contributed by atoms with Crippen molar-refractivity contribution in [3.05, 3.63) is 52.7 Å². The molecule has 0 atom stereocenters. The van der Waals surface area contributed by atoms with E-state index < -0.39 is 29.6 Å². The minimum atomic E-state index is -4.55. The van der Waals surface area contributed by atoms with Crippen molar-refractivity contribution in [2.75, 3.05) is 0 Å². The molecule has 7 nitrogen and oxygen atoms in total. The third kappa shape index (κ3) is 4.92. The number of rotatable bonds is 2. The van der Waals surface area contributed by atoms with Gasteiger partial charge in [-0.15, -0.1) is 0 Å². The van der Waals surface area contributed by atoms with E-state index >= 15 is 0 Å². The maximum absolute atomic E-state index is 12.7. The molecule has 172 valence electrons. The molecule has 0 aliphatic carbocycles. The Labute approximate surface area is 177 Å². The normalized spacial score (nSPS) is 13.5. The molecule has 1 amide bonds. The van der Waals surface area contributed by atoms with Gasteiger partial charge in [0, 0.05) is 37.1 Å². The van der Waals surface area contributed by atoms with Crippen molar-refractivity contribution < 1.29 is 31.1 Å². The fraction of sp³-hybridized carbons (Fsp3) is 0.368. The van der Waals surface area contributed by atoms with Gasteiger partial charge in [-0.1, -0.05) is 0 Å². The maximum Gasteiger partial charge on any atom is 0.435 e. The third-order valence-corrected chi connectivity index (χ3v) is 4.76. The lowest BCUT2D eigenvalue weighted by molar-refractivity contribution is -0.142. The Morgan fingerprint density at radius 1 is 1.03 bits per heavy atom. The number of amides is 1. The highest BCUT2D eigenvalue weighted by Gasteiger charge is 2.35. The molecule has 0 unspecified atom stereocenters. The van der Waals surface area contributed by atoms with Crippen LogP contribution in [0.25, 0.3) is 11.3 Å². The lowest BCUT2D eigenvalue weighted by atomic mass is 10.1. The first-order valence-electron chi connectivity index (χ1n) is 9.29. The van der Waals surface area contributed by atoms with Gasteiger partial charge in [0.1, 0.15) is 11.4 Å². The lowest BCUT2D eigenvalue weighted by Gasteiger charge is -2.09. The number of aryl methyl sites for hydroxylation is 4. The van der Waals surface area contributed by atoms with Crippen LogP contribution in [0, 0.1) is 6.92 Å². The molecule has 1 aliphatic rings. The predicted molar refractivity (Wildman–Crippen MR) is 100 cm³/mol. The van der Waals surface area contributed by atoms with Gasteiger partial charge in [0.15, 0.2) is 5.69 Å². The molecule has 0 saturated carbocycles. The number of halogens is 6. The monoisotopic (exact) mass is 460 g/mol. The van der Waals surface area contributed by atoms with E-state index in [4.69, 9.17) is 5.73 Å². The molecule has 32 heavy (non-hydrogen) atoms. The number of fused-ring (bicyclic) bond motifs is 1. The average molecular weight is 460 g/mol. The number of carbonyl (C=O) groups excluding carboxylic acids is 1. The largest absolute Gasteiger partial charge is 0.435 e. The van der Waals surface area contributed by atoms with Crippen molar-refractivity contribution in [3.63, 3.8) is 0 Å². The Morgan fingerprint density at radius 2 is 1.69 bits per heavy atom. The number of carbonyl (C=O) groups is 1. The Morgan fingerprint density at radius 3 is 2.19 bits per heavy atom. The molecule has 3 aromatic heterocycles. The van der Waals surface area contributed by atoms with Crippen LogP contribution < -0.4 is 5.73 Å². The van der Waals surface area contributed by atoms with Gasteiger partial charge < -0.3 is 5.73 Å². The van der Waals surface area contributed by atoms with Gasteiger partial charge in [0.05, 0.1) is 5.69 Å². The molecule has 0 saturated heterocycles. The number of hydrogen-bond acceptors (Lipinski definition) is 4. The first kappa shape index (κ1) is 23.3. The minimum absolute atomic E-state index is 0.271. The van der Waals surface area contributed by atoms with Crippen LogP contribution in [-0.2, 0) is 32.4 Å². The summed E-state index contributed by atoms with van der Waals surface area (Å²) < 4.78 is 76.8. The van der Waals surface area contributed by atoms with E-state index in [0.29, 0.717) is 22.9 Å². The van der Waals surface area contributed by atoms with E-state index in [1.807, 2.05) is 10.7 Å². The van der Waals surface area contributed by atoms with Gasteiger partial charge in [-0.2, -0.15) is 36.5 Å². The van der Waals surface area contributed by atoms with E-state index in [1.165, 1.54) is 13.2 Å². The topological polar surface area (TPSA) is 91.6 Å². The number of primary amides is 1. The molecular weight excluding hydrogens is 442 g/mol. The van der Waals surface area contributed by atoms with Crippen LogP contribution in [0.3, 0.4) is 0 Å². The summed E-state index contributed by atoms with van der Waals surface area (Å²) in [5.74, 6) is -0.939. The van der Waals surface area contributed by atoms with Crippen LogP contribution in [0.2, 0.25) is 0 Å². The summed E-state index contributed by atoms with van der Waals surface area (Å²) in [4.78, 5) is 14.0. The second kappa shape index (κ2) is 8.28. The maximum atomic E-state index is 12.7. The van der Waals surface area contributed by atoms with Crippen molar-refractivity contribution >= 4 is 5.91 Å². The van der Waals surface area contributed by atoms with Crippen LogP contribution in [-0.4, -0.2) is 30.5 Å². The molecule has 4 heterocycles. The van der Waals surface area contributed by atoms with Crippen molar-refractivity contribution in [1.29, 1.82) is 0 Å². The SMILES string of the molecule is Cc1cnc(C(F)(F)F)cc1-c1cc2n(n1)CCC2.Cn1nc(C(F)(F)F)cc1C(N)=O. The van der Waals surface area contributed by atoms with Crippen molar-refractivity contribution in [2.45, 2.75) is 38.7 Å². The number of alkyl halides is 6. The van der Waals surface area contributed by atoms with Gasteiger partial charge in [-0.05, 0) is 37.5 Å². The van der Waals surface area contributed by atoms with Gasteiger partial charge in [0.25, 0.3) is 5.91 Å². The van der Waals surface area contributed by atoms with E-state index in [9.17, 15) is 31.1 Å². The molecule has 0 fully saturated rings. The first-order chi connectivity index (χ1) is 14.8. The summed E-state index contributed by atoms with van der Waals surface area (Å²) in [5.41, 5.74) is 5.42. The number of nitrogens with zero attached hydrogens (tertiary/aromatic N) is 5. The zero-order chi connectivity index (χ0) is 23.8. The standard InChI is InChI=1S/C13H12F3N3.C6H6F3N3O/c1-8-7-17-12(13(14,15)16)6-10(8)11-5-9-3-2-4-19(9)18-11;1-12-3(5(10)13)2-4(11-12)6(7,8)9/h5-7H,2-4H2,1H3;2H,1H3,(H2,10,13). The summed E-state index contributed by atoms with van der Waals surface area (Å²) >= 11 is 0. The van der Waals surface area contributed by atoms with Crippen molar-refractivity contribution in [3.8, 4) is 11.3 Å². The summed E-state index contributed by atoms with van der Waals surface area (Å²) in [5, 5.41) is 7.46. The fourth-order valence-corrected chi connectivity index (χ4v) is 3.18. The van der Waals surface area contributed by atoms with E-state index in [2.05, 4.69) is 15.2 Å². The van der Waals surface area contributed by atoms with Gasteiger partial charge in [-0.25, -0.2) is 0 Å². The van der Waals surface area contributed by atoms with Crippen LogP contribution >= 0.6 is 0 Å². The highest BCUT2D eigenvalue weighted by Crippen LogP contribution is 2.32. The summed E-state index contributed by atoms with van der Waals surface area (Å²) in [6, 6.07) is 3.56. The Balaban J connectivity index is 0.000000195. The smallest absolute Gasteiger partial charge is 0.364 e. The number of nitrogens with two attached hydrogens (primary N) is 1. The quantitative estimate of drug-likeness (QED) is 0.590. The van der Waals surface area contributed by atoms with E-state index in [0.717, 1.165) is 35.8 Å². The van der Waals surface area contributed by atoms with Crippen LogP contribution in [0.15, 0.2) is 24.4 Å².